The molecule has 1 saturated carbocycles. The Balaban J connectivity index is 1.95. The fraction of sp³-hybridized carbons (Fsp3) is 0.583. The summed E-state index contributed by atoms with van der Waals surface area (Å²) in [4.78, 5) is 14.8. The van der Waals surface area contributed by atoms with Crippen LogP contribution in [0.1, 0.15) is 36.2 Å². The summed E-state index contributed by atoms with van der Waals surface area (Å²) >= 11 is 0. The van der Waals surface area contributed by atoms with E-state index in [1.807, 2.05) is 6.07 Å². The van der Waals surface area contributed by atoms with Gasteiger partial charge in [0.25, 0.3) is 5.91 Å². The van der Waals surface area contributed by atoms with Crippen LogP contribution < -0.4 is 11.1 Å². The van der Waals surface area contributed by atoms with Crippen molar-refractivity contribution in [2.75, 3.05) is 6.54 Å². The number of hydrogen-bond acceptors (Lipinski definition) is 2. The molecule has 0 saturated heterocycles. The molecule has 4 N–H and O–H groups in total. The summed E-state index contributed by atoms with van der Waals surface area (Å²) in [7, 11) is 0. The zero-order valence-electron chi connectivity index (χ0n) is 9.41. The maximum atomic E-state index is 11.9. The van der Waals surface area contributed by atoms with Crippen molar-refractivity contribution >= 4 is 5.91 Å². The van der Waals surface area contributed by atoms with Gasteiger partial charge in [-0.25, -0.2) is 0 Å². The molecule has 0 aromatic carbocycles. The highest BCUT2D eigenvalue weighted by molar-refractivity contribution is 5.92. The van der Waals surface area contributed by atoms with Gasteiger partial charge in [-0.1, -0.05) is 12.8 Å². The Labute approximate surface area is 95.6 Å². The second-order valence-corrected chi connectivity index (χ2v) is 4.44. The van der Waals surface area contributed by atoms with E-state index in [-0.39, 0.29) is 11.9 Å². The zero-order valence-corrected chi connectivity index (χ0v) is 9.41. The second kappa shape index (κ2) is 5.16. The molecule has 1 aliphatic rings. The van der Waals surface area contributed by atoms with E-state index in [2.05, 4.69) is 10.3 Å². The van der Waals surface area contributed by atoms with Crippen LogP contribution in [0.3, 0.4) is 0 Å². The van der Waals surface area contributed by atoms with Crippen molar-refractivity contribution in [2.45, 2.75) is 31.7 Å². The SMILES string of the molecule is NCC1CCCCC1NC(=O)c1ccc[nH]1. The Hall–Kier alpha value is -1.29. The monoisotopic (exact) mass is 221 g/mol. The Morgan fingerprint density at radius 2 is 2.31 bits per heavy atom. The molecule has 0 radical (unpaired) electrons. The van der Waals surface area contributed by atoms with Gasteiger partial charge in [0.05, 0.1) is 0 Å². The van der Waals surface area contributed by atoms with E-state index >= 15 is 0 Å². The van der Waals surface area contributed by atoms with Crippen LogP contribution in [-0.4, -0.2) is 23.5 Å². The summed E-state index contributed by atoms with van der Waals surface area (Å²) in [6.45, 7) is 0.662. The Bertz CT molecular complexity index is 334. The lowest BCUT2D eigenvalue weighted by Crippen LogP contribution is -2.44. The highest BCUT2D eigenvalue weighted by Crippen LogP contribution is 2.23. The summed E-state index contributed by atoms with van der Waals surface area (Å²) < 4.78 is 0. The van der Waals surface area contributed by atoms with Crippen LogP contribution in [0.15, 0.2) is 18.3 Å². The van der Waals surface area contributed by atoms with Gasteiger partial charge < -0.3 is 16.0 Å². The molecule has 1 aliphatic carbocycles. The summed E-state index contributed by atoms with van der Waals surface area (Å²) in [5.74, 6) is 0.419. The minimum absolute atomic E-state index is 0.0182. The number of aromatic nitrogens is 1. The second-order valence-electron chi connectivity index (χ2n) is 4.44. The fourth-order valence-corrected chi connectivity index (χ4v) is 2.40. The molecule has 1 aromatic heterocycles. The van der Waals surface area contributed by atoms with Crippen LogP contribution in [0.5, 0.6) is 0 Å². The van der Waals surface area contributed by atoms with E-state index < -0.39 is 0 Å². The number of nitrogens with one attached hydrogen (secondary N) is 2. The smallest absolute Gasteiger partial charge is 0.267 e. The van der Waals surface area contributed by atoms with E-state index in [1.165, 1.54) is 12.8 Å². The van der Waals surface area contributed by atoms with Gasteiger partial charge in [-0.15, -0.1) is 0 Å². The lowest BCUT2D eigenvalue weighted by Gasteiger charge is -2.31. The molecule has 1 fully saturated rings. The van der Waals surface area contributed by atoms with E-state index in [9.17, 15) is 4.79 Å². The molecule has 0 aliphatic heterocycles. The van der Waals surface area contributed by atoms with E-state index in [4.69, 9.17) is 5.73 Å². The van der Waals surface area contributed by atoms with Crippen LogP contribution in [0.2, 0.25) is 0 Å². The summed E-state index contributed by atoms with van der Waals surface area (Å²) in [6.07, 6.45) is 6.36. The van der Waals surface area contributed by atoms with Crippen LogP contribution in [0.25, 0.3) is 0 Å². The van der Waals surface area contributed by atoms with Crippen molar-refractivity contribution < 1.29 is 4.79 Å². The highest BCUT2D eigenvalue weighted by Gasteiger charge is 2.25. The maximum Gasteiger partial charge on any atom is 0.267 e. The van der Waals surface area contributed by atoms with Crippen molar-refractivity contribution in [3.05, 3.63) is 24.0 Å². The van der Waals surface area contributed by atoms with Gasteiger partial charge in [-0.2, -0.15) is 0 Å². The molecule has 2 rings (SSSR count). The minimum Gasteiger partial charge on any atom is -0.357 e. The van der Waals surface area contributed by atoms with Crippen molar-refractivity contribution in [2.24, 2.45) is 11.7 Å². The summed E-state index contributed by atoms with van der Waals surface area (Å²) in [5, 5.41) is 3.07. The third-order valence-electron chi connectivity index (χ3n) is 3.37. The van der Waals surface area contributed by atoms with Crippen LogP contribution in [0, 0.1) is 5.92 Å². The quantitative estimate of drug-likeness (QED) is 0.719. The van der Waals surface area contributed by atoms with Gasteiger partial charge >= 0.3 is 0 Å². The molecule has 0 spiro atoms. The van der Waals surface area contributed by atoms with Crippen LogP contribution in [-0.2, 0) is 0 Å². The number of carbonyl (C=O) groups excluding carboxylic acids is 1. The van der Waals surface area contributed by atoms with Gasteiger partial charge in [0, 0.05) is 12.2 Å². The standard InChI is InChI=1S/C12H19N3O/c13-8-9-4-1-2-5-10(9)15-12(16)11-6-3-7-14-11/h3,6-7,9-10,14H,1-2,4-5,8,13H2,(H,15,16). The fourth-order valence-electron chi connectivity index (χ4n) is 2.40. The van der Waals surface area contributed by atoms with Gasteiger partial charge in [0.2, 0.25) is 0 Å². The third-order valence-corrected chi connectivity index (χ3v) is 3.37. The molecule has 2 unspecified atom stereocenters. The summed E-state index contributed by atoms with van der Waals surface area (Å²) in [6, 6.07) is 3.86. The van der Waals surface area contributed by atoms with Gasteiger partial charge in [-0.05, 0) is 37.4 Å². The zero-order chi connectivity index (χ0) is 11.4. The first kappa shape index (κ1) is 11.2. The maximum absolute atomic E-state index is 11.9. The van der Waals surface area contributed by atoms with Crippen LogP contribution in [0.4, 0.5) is 0 Å². The number of aromatic amines is 1. The Morgan fingerprint density at radius 1 is 1.50 bits per heavy atom. The van der Waals surface area contributed by atoms with E-state index in [0.717, 1.165) is 12.8 Å². The molecule has 2 atom stereocenters. The van der Waals surface area contributed by atoms with Crippen molar-refractivity contribution in [3.8, 4) is 0 Å². The lowest BCUT2D eigenvalue weighted by atomic mass is 9.84. The third kappa shape index (κ3) is 2.44. The number of rotatable bonds is 3. The van der Waals surface area contributed by atoms with Crippen molar-refractivity contribution in [3.63, 3.8) is 0 Å². The predicted molar refractivity (Wildman–Crippen MR) is 63.1 cm³/mol. The van der Waals surface area contributed by atoms with Gasteiger partial charge in [0.15, 0.2) is 0 Å². The topological polar surface area (TPSA) is 70.9 Å². The molecule has 1 amide bonds. The normalized spacial score (nSPS) is 25.3. The first-order valence-corrected chi connectivity index (χ1v) is 5.95. The number of nitrogens with two attached hydrogens (primary N) is 1. The van der Waals surface area contributed by atoms with Crippen molar-refractivity contribution in [1.29, 1.82) is 0 Å². The van der Waals surface area contributed by atoms with Gasteiger partial charge in [0.1, 0.15) is 5.69 Å². The Morgan fingerprint density at radius 3 is 3.00 bits per heavy atom. The molecule has 1 aromatic rings. The summed E-state index contributed by atoms with van der Waals surface area (Å²) in [5.41, 5.74) is 6.36. The molecular formula is C12H19N3O. The molecule has 1 heterocycles. The molecule has 4 nitrogen and oxygen atoms in total. The van der Waals surface area contributed by atoms with E-state index in [0.29, 0.717) is 18.2 Å². The predicted octanol–water partition coefficient (Wildman–Crippen LogP) is 1.26. The molecule has 4 heteroatoms. The molecule has 16 heavy (non-hydrogen) atoms. The molecule has 0 bridgehead atoms. The molecular weight excluding hydrogens is 202 g/mol. The number of amides is 1. The van der Waals surface area contributed by atoms with Gasteiger partial charge in [-0.3, -0.25) is 4.79 Å². The first-order valence-electron chi connectivity index (χ1n) is 5.95. The largest absolute Gasteiger partial charge is 0.357 e. The number of H-pyrrole nitrogens is 1. The average molecular weight is 221 g/mol. The first-order chi connectivity index (χ1) is 7.81. The minimum atomic E-state index is -0.0182. The molecule has 88 valence electrons. The highest BCUT2D eigenvalue weighted by atomic mass is 16.1. The lowest BCUT2D eigenvalue weighted by molar-refractivity contribution is 0.0903. The number of hydrogen-bond donors (Lipinski definition) is 3. The van der Waals surface area contributed by atoms with E-state index in [1.54, 1.807) is 12.3 Å². The average Bonchev–Trinajstić information content (AvgIpc) is 2.83. The Kier molecular flexibility index (Phi) is 3.62. The van der Waals surface area contributed by atoms with Crippen molar-refractivity contribution in [1.82, 2.24) is 10.3 Å². The van der Waals surface area contributed by atoms with Crippen LogP contribution >= 0.6 is 0 Å². The number of carbonyl (C=O) groups is 1.